The van der Waals surface area contributed by atoms with E-state index < -0.39 is 12.0 Å². The first-order valence-electron chi connectivity index (χ1n) is 10.2. The molecule has 3 aromatic rings. The first-order valence-corrected chi connectivity index (χ1v) is 10.2. The maximum atomic E-state index is 12.5. The normalized spacial score (nSPS) is 13.5. The van der Waals surface area contributed by atoms with Gasteiger partial charge in [-0.2, -0.15) is 0 Å². The number of anilines is 1. The topological polar surface area (TPSA) is 92.9 Å². The van der Waals surface area contributed by atoms with Crippen molar-refractivity contribution < 1.29 is 19.4 Å². The third-order valence-corrected chi connectivity index (χ3v) is 5.39. The number of fused-ring (bicyclic) bond motifs is 1. The lowest BCUT2D eigenvalue weighted by atomic mass is 10.0. The van der Waals surface area contributed by atoms with Crippen LogP contribution in [-0.2, 0) is 22.6 Å². The molecule has 0 unspecified atom stereocenters. The smallest absolute Gasteiger partial charge is 0.305 e. The number of nitrogens with zero attached hydrogens (tertiary/aromatic N) is 1. The molecule has 6 nitrogen and oxygen atoms in total. The van der Waals surface area contributed by atoms with Gasteiger partial charge in [0.15, 0.2) is 0 Å². The average molecular weight is 416 g/mol. The van der Waals surface area contributed by atoms with Gasteiger partial charge >= 0.3 is 5.97 Å². The molecule has 1 atom stereocenters. The molecule has 0 spiro atoms. The molecular formula is C25H24N2O4. The van der Waals surface area contributed by atoms with Crippen LogP contribution in [0, 0.1) is 0 Å². The first-order chi connectivity index (χ1) is 15.0. The fourth-order valence-corrected chi connectivity index (χ4v) is 3.76. The van der Waals surface area contributed by atoms with Crippen LogP contribution in [0.4, 0.5) is 5.69 Å². The largest absolute Gasteiger partial charge is 0.489 e. The molecule has 4 rings (SSSR count). The van der Waals surface area contributed by atoms with Gasteiger partial charge in [0, 0.05) is 12.2 Å². The van der Waals surface area contributed by atoms with Crippen LogP contribution in [0.3, 0.4) is 0 Å². The predicted molar refractivity (Wildman–Crippen MR) is 119 cm³/mol. The van der Waals surface area contributed by atoms with Crippen LogP contribution in [0.25, 0.3) is 11.1 Å². The van der Waals surface area contributed by atoms with E-state index in [4.69, 9.17) is 15.6 Å². The van der Waals surface area contributed by atoms with Gasteiger partial charge in [0.2, 0.25) is 5.91 Å². The summed E-state index contributed by atoms with van der Waals surface area (Å²) in [6.07, 6.45) is 0.304. The molecule has 1 aliphatic heterocycles. The van der Waals surface area contributed by atoms with Crippen LogP contribution in [0.5, 0.6) is 5.75 Å². The molecule has 6 heteroatoms. The highest BCUT2D eigenvalue weighted by Crippen LogP contribution is 2.32. The SMILES string of the molecule is N[C@H](CC(=O)O)C(=O)N1CCc2cc(OCc3ccc(-c4ccccc4)cc3)ccc21. The standard InChI is InChI=1S/C25H24N2O4/c26-22(15-24(28)29)25(30)27-13-12-20-14-21(10-11-23(20)27)31-16-17-6-8-19(9-7-17)18-4-2-1-3-5-18/h1-11,14,22H,12-13,15-16,26H2,(H,28,29)/t22-/m1/s1. The Morgan fingerprint density at radius 3 is 2.42 bits per heavy atom. The Bertz CT molecular complexity index is 1080. The van der Waals surface area contributed by atoms with Crippen LogP contribution in [-0.4, -0.2) is 29.6 Å². The lowest BCUT2D eigenvalue weighted by Crippen LogP contribution is -2.44. The highest BCUT2D eigenvalue weighted by Gasteiger charge is 2.29. The Morgan fingerprint density at radius 1 is 1.00 bits per heavy atom. The third kappa shape index (κ3) is 4.75. The van der Waals surface area contributed by atoms with Gasteiger partial charge in [0.1, 0.15) is 12.4 Å². The highest BCUT2D eigenvalue weighted by atomic mass is 16.5. The van der Waals surface area contributed by atoms with Crippen molar-refractivity contribution in [3.05, 3.63) is 83.9 Å². The van der Waals surface area contributed by atoms with Gasteiger partial charge in [-0.1, -0.05) is 54.6 Å². The Kier molecular flexibility index (Phi) is 6.00. The van der Waals surface area contributed by atoms with Crippen LogP contribution in [0.2, 0.25) is 0 Å². The maximum absolute atomic E-state index is 12.5. The number of ether oxygens (including phenoxy) is 1. The molecule has 1 aliphatic rings. The summed E-state index contributed by atoms with van der Waals surface area (Å²) in [6.45, 7) is 0.936. The van der Waals surface area contributed by atoms with Crippen LogP contribution >= 0.6 is 0 Å². The molecule has 0 fully saturated rings. The quantitative estimate of drug-likeness (QED) is 0.614. The number of benzene rings is 3. The highest BCUT2D eigenvalue weighted by molar-refractivity contribution is 6.00. The Labute approximate surface area is 180 Å². The number of carbonyl (C=O) groups is 2. The van der Waals surface area contributed by atoms with Gasteiger partial charge in [0.25, 0.3) is 0 Å². The zero-order chi connectivity index (χ0) is 21.8. The van der Waals surface area contributed by atoms with Crippen molar-refractivity contribution in [3.63, 3.8) is 0 Å². The van der Waals surface area contributed by atoms with Crippen LogP contribution in [0.1, 0.15) is 17.5 Å². The number of aliphatic carboxylic acids is 1. The second-order valence-electron chi connectivity index (χ2n) is 7.59. The number of amides is 1. The van der Waals surface area contributed by atoms with Gasteiger partial charge < -0.3 is 20.5 Å². The van der Waals surface area contributed by atoms with Crippen molar-refractivity contribution in [2.24, 2.45) is 5.73 Å². The summed E-state index contributed by atoms with van der Waals surface area (Å²) in [5.74, 6) is -0.718. The molecule has 158 valence electrons. The lowest BCUT2D eigenvalue weighted by Gasteiger charge is -2.21. The summed E-state index contributed by atoms with van der Waals surface area (Å²) >= 11 is 0. The molecule has 3 N–H and O–H groups in total. The number of carboxylic acid groups (broad SMARTS) is 1. The van der Waals surface area contributed by atoms with E-state index in [0.717, 1.165) is 28.1 Å². The lowest BCUT2D eigenvalue weighted by molar-refractivity contribution is -0.139. The number of hydrogen-bond acceptors (Lipinski definition) is 4. The van der Waals surface area contributed by atoms with Crippen LogP contribution in [0.15, 0.2) is 72.8 Å². The molecule has 1 heterocycles. The minimum atomic E-state index is -1.08. The number of carboxylic acids is 1. The van der Waals surface area contributed by atoms with E-state index in [9.17, 15) is 9.59 Å². The number of nitrogens with two attached hydrogens (primary N) is 1. The average Bonchev–Trinajstić information content (AvgIpc) is 3.21. The molecule has 31 heavy (non-hydrogen) atoms. The van der Waals surface area contributed by atoms with Crippen molar-refractivity contribution in [2.45, 2.75) is 25.5 Å². The number of carbonyl (C=O) groups excluding carboxylic acids is 1. The summed E-state index contributed by atoms with van der Waals surface area (Å²) in [6, 6.07) is 23.0. The Hall–Kier alpha value is -3.64. The molecule has 0 bridgehead atoms. The first kappa shape index (κ1) is 20.6. The fraction of sp³-hybridized carbons (Fsp3) is 0.200. The summed E-state index contributed by atoms with van der Waals surface area (Å²) in [4.78, 5) is 24.9. The molecule has 1 amide bonds. The molecule has 3 aromatic carbocycles. The molecule has 0 saturated carbocycles. The minimum absolute atomic E-state index is 0.367. The van der Waals surface area contributed by atoms with E-state index in [1.807, 2.05) is 36.4 Å². The van der Waals surface area contributed by atoms with Gasteiger partial charge in [-0.05, 0) is 46.9 Å². The molecule has 0 aliphatic carbocycles. The zero-order valence-corrected chi connectivity index (χ0v) is 17.0. The summed E-state index contributed by atoms with van der Waals surface area (Å²) < 4.78 is 5.95. The number of hydrogen-bond donors (Lipinski definition) is 2. The Balaban J connectivity index is 1.39. The van der Waals surface area contributed by atoms with E-state index in [1.54, 1.807) is 4.90 Å². The van der Waals surface area contributed by atoms with Gasteiger partial charge in [-0.15, -0.1) is 0 Å². The molecule has 0 radical (unpaired) electrons. The molecule has 0 aromatic heterocycles. The summed E-state index contributed by atoms with van der Waals surface area (Å²) in [7, 11) is 0. The molecule has 0 saturated heterocycles. The zero-order valence-electron chi connectivity index (χ0n) is 17.0. The van der Waals surface area contributed by atoms with Crippen molar-refractivity contribution >= 4 is 17.6 Å². The van der Waals surface area contributed by atoms with Gasteiger partial charge in [-0.3, -0.25) is 9.59 Å². The molecular weight excluding hydrogens is 392 g/mol. The van der Waals surface area contributed by atoms with E-state index >= 15 is 0 Å². The van der Waals surface area contributed by atoms with E-state index in [0.29, 0.717) is 19.6 Å². The number of rotatable bonds is 7. The monoisotopic (exact) mass is 416 g/mol. The predicted octanol–water partition coefficient (Wildman–Crippen LogP) is 3.62. The van der Waals surface area contributed by atoms with Crippen LogP contribution < -0.4 is 15.4 Å². The maximum Gasteiger partial charge on any atom is 0.305 e. The van der Waals surface area contributed by atoms with Gasteiger partial charge in [0.05, 0.1) is 12.5 Å². The Morgan fingerprint density at radius 2 is 1.71 bits per heavy atom. The van der Waals surface area contributed by atoms with Crippen molar-refractivity contribution in [1.29, 1.82) is 0 Å². The fourth-order valence-electron chi connectivity index (χ4n) is 3.76. The van der Waals surface area contributed by atoms with E-state index in [-0.39, 0.29) is 12.3 Å². The van der Waals surface area contributed by atoms with Crippen molar-refractivity contribution in [3.8, 4) is 16.9 Å². The van der Waals surface area contributed by atoms with Gasteiger partial charge in [-0.25, -0.2) is 0 Å². The summed E-state index contributed by atoms with van der Waals surface area (Å²) in [5.41, 5.74) is 10.9. The van der Waals surface area contributed by atoms with Crippen molar-refractivity contribution in [2.75, 3.05) is 11.4 Å². The second-order valence-corrected chi connectivity index (χ2v) is 7.59. The summed E-state index contributed by atoms with van der Waals surface area (Å²) in [5, 5.41) is 8.87. The van der Waals surface area contributed by atoms with Crippen molar-refractivity contribution in [1.82, 2.24) is 0 Å². The minimum Gasteiger partial charge on any atom is -0.489 e. The third-order valence-electron chi connectivity index (χ3n) is 5.39. The van der Waals surface area contributed by atoms with E-state index in [1.165, 1.54) is 5.56 Å². The van der Waals surface area contributed by atoms with E-state index in [2.05, 4.69) is 36.4 Å². The second kappa shape index (κ2) is 9.02.